The standard InChI is InChI=1S/C27H26IN7O2/c1-36-18-8-6-17(7-9-18)16-35-25-21(23(28)32-35)24-30-12-15-34(24)26(31-25)33-13-10-27(11-14-33)22(29)19-4-2-3-5-20(19)37-27/h2-9,12,15,22H,10-11,13-14,16,29H2,1H3/t22-/m1/s1. The molecule has 2 aliphatic rings. The molecule has 10 heteroatoms. The van der Waals surface area contributed by atoms with E-state index in [0.29, 0.717) is 6.54 Å². The Labute approximate surface area is 227 Å². The zero-order chi connectivity index (χ0) is 25.1. The van der Waals surface area contributed by atoms with Crippen LogP contribution in [0.3, 0.4) is 0 Å². The molecule has 0 radical (unpaired) electrons. The van der Waals surface area contributed by atoms with Crippen molar-refractivity contribution in [3.05, 3.63) is 75.8 Å². The van der Waals surface area contributed by atoms with Gasteiger partial charge in [0, 0.05) is 43.9 Å². The van der Waals surface area contributed by atoms with E-state index in [0.717, 1.165) is 74.9 Å². The van der Waals surface area contributed by atoms with Crippen LogP contribution in [0.1, 0.15) is 30.0 Å². The van der Waals surface area contributed by atoms with Crippen molar-refractivity contribution in [2.45, 2.75) is 31.0 Å². The Morgan fingerprint density at radius 1 is 1.11 bits per heavy atom. The van der Waals surface area contributed by atoms with Crippen LogP contribution in [-0.2, 0) is 6.54 Å². The van der Waals surface area contributed by atoms with Crippen LogP contribution in [0, 0.1) is 3.70 Å². The molecular weight excluding hydrogens is 581 g/mol. The number of nitrogens with zero attached hydrogens (tertiary/aromatic N) is 6. The average Bonchev–Trinajstić information content (AvgIpc) is 3.60. The van der Waals surface area contributed by atoms with Gasteiger partial charge in [0.1, 0.15) is 20.8 Å². The number of aromatic nitrogens is 5. The minimum atomic E-state index is -0.371. The Hall–Kier alpha value is -3.38. The van der Waals surface area contributed by atoms with Crippen LogP contribution in [-0.4, -0.2) is 49.9 Å². The van der Waals surface area contributed by atoms with Gasteiger partial charge in [-0.2, -0.15) is 10.1 Å². The van der Waals surface area contributed by atoms with Crippen molar-refractivity contribution in [1.82, 2.24) is 24.1 Å². The summed E-state index contributed by atoms with van der Waals surface area (Å²) in [4.78, 5) is 12.2. The summed E-state index contributed by atoms with van der Waals surface area (Å²) in [5.74, 6) is 2.61. The van der Waals surface area contributed by atoms with Crippen LogP contribution >= 0.6 is 22.6 Å². The average molecular weight is 607 g/mol. The second kappa shape index (κ2) is 8.59. The molecule has 0 aliphatic carbocycles. The molecule has 0 saturated carbocycles. The molecule has 3 aromatic heterocycles. The van der Waals surface area contributed by atoms with Crippen molar-refractivity contribution in [2.24, 2.45) is 5.73 Å². The summed E-state index contributed by atoms with van der Waals surface area (Å²) >= 11 is 2.28. The molecule has 188 valence electrons. The summed E-state index contributed by atoms with van der Waals surface area (Å²) in [5, 5.41) is 5.80. The molecular formula is C27H26IN7O2. The smallest absolute Gasteiger partial charge is 0.213 e. The fraction of sp³-hybridized carbons (Fsp3) is 0.296. The van der Waals surface area contributed by atoms with Gasteiger partial charge in [-0.05, 0) is 46.4 Å². The number of methoxy groups -OCH3 is 1. The largest absolute Gasteiger partial charge is 0.497 e. The number of hydrogen-bond acceptors (Lipinski definition) is 7. The number of piperidine rings is 1. The summed E-state index contributed by atoms with van der Waals surface area (Å²) in [6.07, 6.45) is 5.45. The number of rotatable bonds is 4. The maximum atomic E-state index is 6.71. The highest BCUT2D eigenvalue weighted by molar-refractivity contribution is 14.1. The van der Waals surface area contributed by atoms with Gasteiger partial charge >= 0.3 is 0 Å². The van der Waals surface area contributed by atoms with Gasteiger partial charge in [-0.3, -0.25) is 4.40 Å². The summed E-state index contributed by atoms with van der Waals surface area (Å²) in [6, 6.07) is 16.1. The van der Waals surface area contributed by atoms with Gasteiger partial charge in [0.15, 0.2) is 11.3 Å². The third-order valence-corrected chi connectivity index (χ3v) is 8.44. The zero-order valence-electron chi connectivity index (χ0n) is 20.3. The molecule has 0 unspecified atom stereocenters. The molecule has 1 atom stereocenters. The summed E-state index contributed by atoms with van der Waals surface area (Å²) in [6.45, 7) is 2.19. The Bertz CT molecular complexity index is 1620. The lowest BCUT2D eigenvalue weighted by Crippen LogP contribution is -2.52. The summed E-state index contributed by atoms with van der Waals surface area (Å²) in [5.41, 5.74) is 10.3. The van der Waals surface area contributed by atoms with E-state index in [9.17, 15) is 0 Å². The van der Waals surface area contributed by atoms with E-state index in [-0.39, 0.29) is 11.6 Å². The number of anilines is 1. The number of hydrogen-bond donors (Lipinski definition) is 1. The summed E-state index contributed by atoms with van der Waals surface area (Å²) in [7, 11) is 1.67. The van der Waals surface area contributed by atoms with Gasteiger partial charge < -0.3 is 20.1 Å². The van der Waals surface area contributed by atoms with Crippen LogP contribution in [0.25, 0.3) is 16.7 Å². The monoisotopic (exact) mass is 607 g/mol. The first kappa shape index (κ1) is 22.8. The first-order valence-corrected chi connectivity index (χ1v) is 13.4. The first-order chi connectivity index (χ1) is 18.1. The number of fused-ring (bicyclic) bond motifs is 4. The van der Waals surface area contributed by atoms with Gasteiger partial charge in [0.2, 0.25) is 5.95 Å². The number of para-hydroxylation sites is 1. The Morgan fingerprint density at radius 3 is 2.65 bits per heavy atom. The number of imidazole rings is 1. The van der Waals surface area contributed by atoms with E-state index >= 15 is 0 Å². The highest BCUT2D eigenvalue weighted by atomic mass is 127. The molecule has 0 amide bonds. The minimum Gasteiger partial charge on any atom is -0.497 e. The van der Waals surface area contributed by atoms with E-state index in [4.69, 9.17) is 30.3 Å². The van der Waals surface area contributed by atoms with E-state index in [1.54, 1.807) is 7.11 Å². The Morgan fingerprint density at radius 2 is 1.89 bits per heavy atom. The third-order valence-electron chi connectivity index (χ3n) is 7.69. The van der Waals surface area contributed by atoms with Gasteiger partial charge in [-0.25, -0.2) is 9.67 Å². The van der Waals surface area contributed by atoms with Crippen molar-refractivity contribution in [1.29, 1.82) is 0 Å². The third kappa shape index (κ3) is 3.57. The molecule has 1 spiro atoms. The maximum absolute atomic E-state index is 6.71. The molecule has 0 bridgehead atoms. The SMILES string of the molecule is COc1ccc(Cn2nc(I)c3c2nc(N2CCC4(CC2)Oc2ccccc2[C@H]4N)n2ccnc32)cc1. The molecule has 1 saturated heterocycles. The highest BCUT2D eigenvalue weighted by Gasteiger charge is 2.48. The van der Waals surface area contributed by atoms with E-state index in [1.807, 2.05) is 47.4 Å². The second-order valence-corrected chi connectivity index (χ2v) is 10.7. The van der Waals surface area contributed by atoms with Crippen LogP contribution in [0.15, 0.2) is 60.9 Å². The molecule has 5 heterocycles. The first-order valence-electron chi connectivity index (χ1n) is 12.4. The molecule has 5 aromatic rings. The van der Waals surface area contributed by atoms with Crippen molar-refractivity contribution < 1.29 is 9.47 Å². The number of ether oxygens (including phenoxy) is 2. The fourth-order valence-corrected chi connectivity index (χ4v) is 6.40. The van der Waals surface area contributed by atoms with Gasteiger partial charge in [0.25, 0.3) is 0 Å². The van der Waals surface area contributed by atoms with Crippen LogP contribution in [0.4, 0.5) is 5.95 Å². The van der Waals surface area contributed by atoms with Crippen molar-refractivity contribution in [3.8, 4) is 11.5 Å². The van der Waals surface area contributed by atoms with Crippen LogP contribution in [0.5, 0.6) is 11.5 Å². The molecule has 7 rings (SSSR count). The Balaban J connectivity index is 1.23. The number of benzene rings is 2. The minimum absolute atomic E-state index is 0.123. The predicted molar refractivity (Wildman–Crippen MR) is 149 cm³/mol. The normalized spacial score (nSPS) is 18.5. The molecule has 9 nitrogen and oxygen atoms in total. The lowest BCUT2D eigenvalue weighted by Gasteiger charge is -2.41. The predicted octanol–water partition coefficient (Wildman–Crippen LogP) is 4.17. The van der Waals surface area contributed by atoms with Gasteiger partial charge in [-0.15, -0.1) is 0 Å². The fourth-order valence-electron chi connectivity index (χ4n) is 5.66. The van der Waals surface area contributed by atoms with Crippen molar-refractivity contribution >= 4 is 45.2 Å². The molecule has 2 N–H and O–H groups in total. The highest BCUT2D eigenvalue weighted by Crippen LogP contribution is 2.47. The molecule has 1 fully saturated rings. The zero-order valence-corrected chi connectivity index (χ0v) is 22.5. The van der Waals surface area contributed by atoms with Gasteiger partial charge in [-0.1, -0.05) is 30.3 Å². The van der Waals surface area contributed by atoms with Crippen molar-refractivity contribution in [2.75, 3.05) is 25.1 Å². The lowest BCUT2D eigenvalue weighted by atomic mass is 9.83. The van der Waals surface area contributed by atoms with Crippen LogP contribution in [0.2, 0.25) is 0 Å². The van der Waals surface area contributed by atoms with E-state index in [2.05, 4.69) is 50.1 Å². The maximum Gasteiger partial charge on any atom is 0.213 e. The summed E-state index contributed by atoms with van der Waals surface area (Å²) < 4.78 is 16.7. The van der Waals surface area contributed by atoms with Crippen molar-refractivity contribution in [3.63, 3.8) is 0 Å². The van der Waals surface area contributed by atoms with E-state index in [1.165, 1.54) is 0 Å². The van der Waals surface area contributed by atoms with Crippen LogP contribution < -0.4 is 20.1 Å². The number of halogens is 1. The van der Waals surface area contributed by atoms with E-state index < -0.39 is 0 Å². The molecule has 37 heavy (non-hydrogen) atoms. The topological polar surface area (TPSA) is 95.7 Å². The molecule has 2 aliphatic heterocycles. The number of nitrogens with two attached hydrogens (primary N) is 1. The molecule has 2 aromatic carbocycles. The second-order valence-electron chi connectivity index (χ2n) is 9.70. The van der Waals surface area contributed by atoms with Gasteiger partial charge in [0.05, 0.1) is 25.1 Å². The quantitative estimate of drug-likeness (QED) is 0.307. The Kier molecular flexibility index (Phi) is 5.29. The lowest BCUT2D eigenvalue weighted by molar-refractivity contribution is 0.0429.